The number of amides is 1. The van der Waals surface area contributed by atoms with E-state index in [1.54, 1.807) is 23.7 Å². The largest absolute Gasteiger partial charge is 0.355 e. The number of thiazole rings is 1. The fourth-order valence-corrected chi connectivity index (χ4v) is 6.12. The molecule has 158 valence electrons. The number of carbonyl (C=O) groups excluding carboxylic acids is 1. The maximum Gasteiger partial charge on any atom is 0.238 e. The van der Waals surface area contributed by atoms with Crippen LogP contribution in [0, 0.1) is 0 Å². The minimum Gasteiger partial charge on any atom is -0.355 e. The van der Waals surface area contributed by atoms with Crippen molar-refractivity contribution in [1.29, 1.82) is 0 Å². The first-order valence-corrected chi connectivity index (χ1v) is 12.6. The van der Waals surface area contributed by atoms with Crippen molar-refractivity contribution in [2.45, 2.75) is 51.5 Å². The molecule has 1 unspecified atom stereocenters. The molecule has 7 nitrogen and oxygen atoms in total. The van der Waals surface area contributed by atoms with Gasteiger partial charge in [-0.05, 0) is 37.8 Å². The SMILES string of the molecule is CCCS(=O)(=O)N1CCCCC1C(=O)NCCCc1nc(-c2ccncc2)cs1. The van der Waals surface area contributed by atoms with Gasteiger partial charge in [0.05, 0.1) is 16.5 Å². The number of hydrogen-bond donors (Lipinski definition) is 1. The highest BCUT2D eigenvalue weighted by Gasteiger charge is 2.35. The Morgan fingerprint density at radius 2 is 2.10 bits per heavy atom. The Kier molecular flexibility index (Phi) is 7.74. The van der Waals surface area contributed by atoms with Crippen LogP contribution in [0.2, 0.25) is 0 Å². The molecule has 9 heteroatoms. The first kappa shape index (κ1) is 21.9. The molecule has 0 bridgehead atoms. The predicted octanol–water partition coefficient (Wildman–Crippen LogP) is 2.85. The second kappa shape index (κ2) is 10.3. The molecule has 1 atom stereocenters. The van der Waals surface area contributed by atoms with E-state index in [4.69, 9.17) is 0 Å². The molecule has 3 rings (SSSR count). The fourth-order valence-electron chi connectivity index (χ4n) is 3.53. The quantitative estimate of drug-likeness (QED) is 0.610. The van der Waals surface area contributed by atoms with E-state index in [9.17, 15) is 13.2 Å². The van der Waals surface area contributed by atoms with Crippen LogP contribution in [0.5, 0.6) is 0 Å². The number of sulfonamides is 1. The van der Waals surface area contributed by atoms with E-state index in [0.717, 1.165) is 41.9 Å². The maximum atomic E-state index is 12.6. The highest BCUT2D eigenvalue weighted by molar-refractivity contribution is 7.89. The molecule has 0 aliphatic carbocycles. The average molecular weight is 437 g/mol. The van der Waals surface area contributed by atoms with Crippen molar-refractivity contribution in [3.63, 3.8) is 0 Å². The Bertz CT molecular complexity index is 899. The smallest absolute Gasteiger partial charge is 0.238 e. The lowest BCUT2D eigenvalue weighted by atomic mass is 10.0. The van der Waals surface area contributed by atoms with Gasteiger partial charge in [-0.1, -0.05) is 13.3 Å². The van der Waals surface area contributed by atoms with E-state index in [1.165, 1.54) is 4.31 Å². The van der Waals surface area contributed by atoms with Crippen LogP contribution in [0.3, 0.4) is 0 Å². The van der Waals surface area contributed by atoms with Gasteiger partial charge in [0, 0.05) is 42.8 Å². The van der Waals surface area contributed by atoms with Gasteiger partial charge in [-0.3, -0.25) is 9.78 Å². The van der Waals surface area contributed by atoms with Crippen LogP contribution < -0.4 is 5.32 Å². The number of rotatable bonds is 9. The Labute approximate surface area is 176 Å². The Balaban J connectivity index is 1.49. The highest BCUT2D eigenvalue weighted by Crippen LogP contribution is 2.23. The lowest BCUT2D eigenvalue weighted by Gasteiger charge is -2.33. The van der Waals surface area contributed by atoms with Crippen LogP contribution in [-0.2, 0) is 21.2 Å². The molecule has 1 aliphatic heterocycles. The van der Waals surface area contributed by atoms with Crippen LogP contribution in [-0.4, -0.2) is 53.5 Å². The van der Waals surface area contributed by atoms with Crippen molar-refractivity contribution in [3.05, 3.63) is 34.9 Å². The number of aromatic nitrogens is 2. The molecule has 3 heterocycles. The molecular formula is C20H28N4O3S2. The van der Waals surface area contributed by atoms with Crippen molar-refractivity contribution >= 4 is 27.3 Å². The lowest BCUT2D eigenvalue weighted by Crippen LogP contribution is -2.52. The van der Waals surface area contributed by atoms with Crippen LogP contribution in [0.4, 0.5) is 0 Å². The van der Waals surface area contributed by atoms with Crippen molar-refractivity contribution in [1.82, 2.24) is 19.6 Å². The summed E-state index contributed by atoms with van der Waals surface area (Å²) in [5.41, 5.74) is 1.98. The second-order valence-electron chi connectivity index (χ2n) is 7.20. The summed E-state index contributed by atoms with van der Waals surface area (Å²) >= 11 is 1.61. The van der Waals surface area contributed by atoms with Crippen LogP contribution in [0.15, 0.2) is 29.9 Å². The molecule has 29 heavy (non-hydrogen) atoms. The molecule has 1 amide bonds. The third-order valence-electron chi connectivity index (χ3n) is 4.97. The van der Waals surface area contributed by atoms with Crippen LogP contribution in [0.25, 0.3) is 11.3 Å². The van der Waals surface area contributed by atoms with Crippen molar-refractivity contribution in [3.8, 4) is 11.3 Å². The van der Waals surface area contributed by atoms with Gasteiger partial charge in [-0.25, -0.2) is 13.4 Å². The first-order chi connectivity index (χ1) is 14.0. The Hall–Kier alpha value is -1.84. The van der Waals surface area contributed by atoms with E-state index < -0.39 is 16.1 Å². The summed E-state index contributed by atoms with van der Waals surface area (Å²) in [6, 6.07) is 3.29. The first-order valence-electron chi connectivity index (χ1n) is 10.1. The molecule has 0 aromatic carbocycles. The van der Waals surface area contributed by atoms with Crippen LogP contribution >= 0.6 is 11.3 Å². The van der Waals surface area contributed by atoms with Gasteiger partial charge in [-0.2, -0.15) is 4.31 Å². The Morgan fingerprint density at radius 3 is 2.86 bits per heavy atom. The van der Waals surface area contributed by atoms with E-state index in [0.29, 0.717) is 25.9 Å². The minimum atomic E-state index is -3.37. The summed E-state index contributed by atoms with van der Waals surface area (Å²) in [6.45, 7) is 2.80. The predicted molar refractivity (Wildman–Crippen MR) is 115 cm³/mol. The summed E-state index contributed by atoms with van der Waals surface area (Å²) in [7, 11) is -3.37. The number of nitrogens with one attached hydrogen (secondary N) is 1. The summed E-state index contributed by atoms with van der Waals surface area (Å²) in [5.74, 6) is -0.0818. The zero-order valence-corrected chi connectivity index (χ0v) is 18.3. The third kappa shape index (κ3) is 5.83. The minimum absolute atomic E-state index is 0.0979. The van der Waals surface area contributed by atoms with Crippen molar-refractivity contribution < 1.29 is 13.2 Å². The van der Waals surface area contributed by atoms with Gasteiger partial charge >= 0.3 is 0 Å². The molecule has 1 fully saturated rings. The molecule has 0 spiro atoms. The number of nitrogens with zero attached hydrogens (tertiary/aromatic N) is 3. The summed E-state index contributed by atoms with van der Waals surface area (Å²) in [4.78, 5) is 21.3. The molecule has 0 radical (unpaired) electrons. The molecule has 2 aromatic heterocycles. The number of carbonyl (C=O) groups is 1. The zero-order chi connectivity index (χ0) is 20.7. The van der Waals surface area contributed by atoms with Crippen molar-refractivity contribution in [2.75, 3.05) is 18.8 Å². The van der Waals surface area contributed by atoms with E-state index in [1.807, 2.05) is 24.4 Å². The topological polar surface area (TPSA) is 92.3 Å². The van der Waals surface area contributed by atoms with Crippen LogP contribution in [0.1, 0.15) is 44.0 Å². The van der Waals surface area contributed by atoms with Gasteiger partial charge in [0.15, 0.2) is 0 Å². The molecule has 1 saturated heterocycles. The highest BCUT2D eigenvalue weighted by atomic mass is 32.2. The van der Waals surface area contributed by atoms with E-state index in [-0.39, 0.29) is 11.7 Å². The van der Waals surface area contributed by atoms with Gasteiger partial charge in [0.1, 0.15) is 6.04 Å². The third-order valence-corrected chi connectivity index (χ3v) is 7.95. The van der Waals surface area contributed by atoms with E-state index in [2.05, 4.69) is 15.3 Å². The van der Waals surface area contributed by atoms with Gasteiger partial charge in [0.25, 0.3) is 0 Å². The zero-order valence-electron chi connectivity index (χ0n) is 16.7. The number of aryl methyl sites for hydroxylation is 1. The maximum absolute atomic E-state index is 12.6. The standard InChI is InChI=1S/C20H28N4O3S2/c1-2-14-29(26,27)24-13-4-3-6-18(24)20(25)22-10-5-7-19-23-17(15-28-19)16-8-11-21-12-9-16/h8-9,11-12,15,18H,2-7,10,13-14H2,1H3,(H,22,25). The fraction of sp³-hybridized carbons (Fsp3) is 0.550. The molecular weight excluding hydrogens is 408 g/mol. The summed E-state index contributed by atoms with van der Waals surface area (Å²) < 4.78 is 26.4. The van der Waals surface area contributed by atoms with Gasteiger partial charge in [0.2, 0.25) is 15.9 Å². The molecule has 1 aliphatic rings. The molecule has 1 N–H and O–H groups in total. The second-order valence-corrected chi connectivity index (χ2v) is 10.2. The summed E-state index contributed by atoms with van der Waals surface area (Å²) in [5, 5.41) is 5.98. The number of piperidine rings is 1. The average Bonchev–Trinajstić information content (AvgIpc) is 3.21. The monoisotopic (exact) mass is 436 g/mol. The van der Waals surface area contributed by atoms with Gasteiger partial charge in [-0.15, -0.1) is 11.3 Å². The molecule has 2 aromatic rings. The van der Waals surface area contributed by atoms with Gasteiger partial charge < -0.3 is 5.32 Å². The normalized spacial score (nSPS) is 17.9. The Morgan fingerprint density at radius 1 is 1.31 bits per heavy atom. The summed E-state index contributed by atoms with van der Waals surface area (Å²) in [6.07, 6.45) is 7.89. The lowest BCUT2D eigenvalue weighted by molar-refractivity contribution is -0.125. The number of pyridine rings is 1. The van der Waals surface area contributed by atoms with Crippen molar-refractivity contribution in [2.24, 2.45) is 0 Å². The number of hydrogen-bond acceptors (Lipinski definition) is 6. The molecule has 0 saturated carbocycles. The van der Waals surface area contributed by atoms with E-state index >= 15 is 0 Å².